The van der Waals surface area contributed by atoms with Crippen LogP contribution in [0.1, 0.15) is 25.6 Å². The van der Waals surface area contributed by atoms with Gasteiger partial charge < -0.3 is 16.0 Å². The minimum absolute atomic E-state index is 0.144. The van der Waals surface area contributed by atoms with E-state index in [-0.39, 0.29) is 11.9 Å². The number of anilines is 1. The minimum Gasteiger partial charge on any atom is -0.398 e. The largest absolute Gasteiger partial charge is 0.398 e. The monoisotopic (exact) mass is 255 g/mol. The second-order valence-electron chi connectivity index (χ2n) is 3.91. The van der Waals surface area contributed by atoms with E-state index in [1.165, 1.54) is 0 Å². The molecule has 17 heavy (non-hydrogen) atoms. The molecule has 0 aliphatic rings. The fourth-order valence-electron chi connectivity index (χ4n) is 1.64. The Hall–Kier alpha value is -1.07. The topological polar surface area (TPSA) is 58.4 Å². The second-order valence-corrected chi connectivity index (χ2v) is 4.91. The molecule has 3 N–H and O–H groups in total. The Morgan fingerprint density at radius 3 is 2.65 bits per heavy atom. The third kappa shape index (κ3) is 3.71. The number of carbonyl (C=O) groups excluding carboxylic acids is 1. The number of nitrogens with one attached hydrogen (secondary N) is 1. The number of rotatable bonds is 6. The van der Waals surface area contributed by atoms with Gasteiger partial charge in [-0.2, -0.15) is 0 Å². The van der Waals surface area contributed by atoms with Crippen LogP contribution in [-0.2, 0) is 11.3 Å². The van der Waals surface area contributed by atoms with Crippen LogP contribution in [0.15, 0.2) is 11.4 Å². The van der Waals surface area contributed by atoms with Crippen LogP contribution >= 0.6 is 11.3 Å². The molecule has 96 valence electrons. The van der Waals surface area contributed by atoms with Crippen molar-refractivity contribution in [3.63, 3.8) is 0 Å². The maximum absolute atomic E-state index is 12.0. The van der Waals surface area contributed by atoms with E-state index in [0.29, 0.717) is 6.54 Å². The molecule has 0 aliphatic carbocycles. The second kappa shape index (κ2) is 6.61. The van der Waals surface area contributed by atoms with Crippen molar-refractivity contribution in [3.8, 4) is 0 Å². The molecule has 1 aromatic rings. The lowest BCUT2D eigenvalue weighted by molar-refractivity contribution is -0.132. The molecule has 0 aliphatic heterocycles. The van der Waals surface area contributed by atoms with E-state index in [0.717, 1.165) is 23.7 Å². The molecule has 0 saturated heterocycles. The molecule has 1 heterocycles. The van der Waals surface area contributed by atoms with E-state index in [9.17, 15) is 4.79 Å². The summed E-state index contributed by atoms with van der Waals surface area (Å²) < 4.78 is 0. The van der Waals surface area contributed by atoms with Crippen molar-refractivity contribution in [2.45, 2.75) is 33.4 Å². The van der Waals surface area contributed by atoms with Crippen LogP contribution < -0.4 is 11.1 Å². The molecule has 1 aromatic heterocycles. The zero-order valence-electron chi connectivity index (χ0n) is 10.7. The van der Waals surface area contributed by atoms with Crippen molar-refractivity contribution < 1.29 is 4.79 Å². The first-order valence-corrected chi connectivity index (χ1v) is 6.82. The van der Waals surface area contributed by atoms with Gasteiger partial charge in [0.2, 0.25) is 5.91 Å². The van der Waals surface area contributed by atoms with Gasteiger partial charge in [-0.1, -0.05) is 0 Å². The average Bonchev–Trinajstić information content (AvgIpc) is 2.73. The van der Waals surface area contributed by atoms with Crippen molar-refractivity contribution in [3.05, 3.63) is 16.3 Å². The normalized spacial score (nSPS) is 12.4. The number of nitrogen functional groups attached to an aromatic ring is 1. The molecule has 0 bridgehead atoms. The Bertz CT molecular complexity index is 360. The van der Waals surface area contributed by atoms with Gasteiger partial charge in [0.1, 0.15) is 0 Å². The first-order valence-electron chi connectivity index (χ1n) is 5.94. The molecular formula is C12H21N3OS. The van der Waals surface area contributed by atoms with E-state index in [4.69, 9.17) is 5.73 Å². The third-order valence-electron chi connectivity index (χ3n) is 2.79. The highest BCUT2D eigenvalue weighted by atomic mass is 32.1. The van der Waals surface area contributed by atoms with Crippen molar-refractivity contribution in [2.75, 3.05) is 18.8 Å². The molecule has 1 rings (SSSR count). The number of hydrogen-bond acceptors (Lipinski definition) is 4. The SMILES string of the molecule is CCN(CC)C(=O)C(C)NCc1sccc1N. The zero-order valence-corrected chi connectivity index (χ0v) is 11.5. The van der Waals surface area contributed by atoms with Crippen molar-refractivity contribution in [2.24, 2.45) is 0 Å². The minimum atomic E-state index is -0.170. The summed E-state index contributed by atoms with van der Waals surface area (Å²) >= 11 is 1.61. The van der Waals surface area contributed by atoms with Crippen LogP contribution in [0.5, 0.6) is 0 Å². The Labute approximate surface area is 107 Å². The number of hydrogen-bond donors (Lipinski definition) is 2. The number of carbonyl (C=O) groups is 1. The summed E-state index contributed by atoms with van der Waals surface area (Å²) in [6, 6.07) is 1.72. The standard InChI is InChI=1S/C12H21N3OS/c1-4-15(5-2)12(16)9(3)14-8-11-10(13)6-7-17-11/h6-7,9,14H,4-5,8,13H2,1-3H3. The van der Waals surface area contributed by atoms with Crippen LogP contribution in [0, 0.1) is 0 Å². The summed E-state index contributed by atoms with van der Waals surface area (Å²) in [4.78, 5) is 14.9. The molecule has 1 atom stereocenters. The summed E-state index contributed by atoms with van der Waals surface area (Å²) in [5.74, 6) is 0.144. The fraction of sp³-hybridized carbons (Fsp3) is 0.583. The van der Waals surface area contributed by atoms with E-state index in [2.05, 4.69) is 5.32 Å². The number of thiophene rings is 1. The van der Waals surface area contributed by atoms with Crippen LogP contribution in [0.4, 0.5) is 5.69 Å². The summed E-state index contributed by atoms with van der Waals surface area (Å²) in [5, 5.41) is 5.18. The quantitative estimate of drug-likeness (QED) is 0.813. The molecular weight excluding hydrogens is 234 g/mol. The predicted molar refractivity (Wildman–Crippen MR) is 73.0 cm³/mol. The lowest BCUT2D eigenvalue weighted by Gasteiger charge is -2.23. The highest BCUT2D eigenvalue weighted by molar-refractivity contribution is 7.10. The van der Waals surface area contributed by atoms with E-state index < -0.39 is 0 Å². The summed E-state index contributed by atoms with van der Waals surface area (Å²) in [7, 11) is 0. The first-order chi connectivity index (χ1) is 8.10. The molecule has 5 heteroatoms. The van der Waals surface area contributed by atoms with E-state index >= 15 is 0 Å². The molecule has 0 radical (unpaired) electrons. The molecule has 4 nitrogen and oxygen atoms in total. The van der Waals surface area contributed by atoms with Gasteiger partial charge in [-0.25, -0.2) is 0 Å². The molecule has 0 aromatic carbocycles. The summed E-state index contributed by atoms with van der Waals surface area (Å²) in [5.41, 5.74) is 6.59. The first kappa shape index (κ1) is 14.0. The zero-order chi connectivity index (χ0) is 12.8. The maximum Gasteiger partial charge on any atom is 0.239 e. The number of nitrogens with two attached hydrogens (primary N) is 1. The average molecular weight is 255 g/mol. The third-order valence-corrected chi connectivity index (χ3v) is 3.73. The van der Waals surface area contributed by atoms with Crippen LogP contribution in [0.25, 0.3) is 0 Å². The number of likely N-dealkylation sites (N-methyl/N-ethyl adjacent to an activating group) is 1. The molecule has 0 spiro atoms. The number of amides is 1. The molecule has 0 fully saturated rings. The van der Waals surface area contributed by atoms with Gasteiger partial charge in [-0.05, 0) is 32.2 Å². The van der Waals surface area contributed by atoms with E-state index in [1.807, 2.05) is 37.1 Å². The summed E-state index contributed by atoms with van der Waals surface area (Å²) in [6.45, 7) is 8.03. The lowest BCUT2D eigenvalue weighted by atomic mass is 10.2. The van der Waals surface area contributed by atoms with Gasteiger partial charge in [0.05, 0.1) is 6.04 Å². The van der Waals surface area contributed by atoms with Gasteiger partial charge in [0, 0.05) is 30.2 Å². The molecule has 0 saturated carbocycles. The van der Waals surface area contributed by atoms with Crippen molar-refractivity contribution in [1.29, 1.82) is 0 Å². The molecule has 1 amide bonds. The highest BCUT2D eigenvalue weighted by Crippen LogP contribution is 2.18. The molecule has 1 unspecified atom stereocenters. The van der Waals surface area contributed by atoms with Gasteiger partial charge in [0.25, 0.3) is 0 Å². The highest BCUT2D eigenvalue weighted by Gasteiger charge is 2.17. The predicted octanol–water partition coefficient (Wildman–Crippen LogP) is 1.68. The van der Waals surface area contributed by atoms with Crippen LogP contribution in [-0.4, -0.2) is 29.9 Å². The Balaban J connectivity index is 2.47. The van der Waals surface area contributed by atoms with Crippen LogP contribution in [0.3, 0.4) is 0 Å². The smallest absolute Gasteiger partial charge is 0.239 e. The van der Waals surface area contributed by atoms with E-state index in [1.54, 1.807) is 11.3 Å². The van der Waals surface area contributed by atoms with Gasteiger partial charge in [-0.3, -0.25) is 4.79 Å². The van der Waals surface area contributed by atoms with Crippen LogP contribution in [0.2, 0.25) is 0 Å². The van der Waals surface area contributed by atoms with Crippen molar-refractivity contribution >= 4 is 22.9 Å². The Kier molecular flexibility index (Phi) is 5.44. The Morgan fingerprint density at radius 1 is 1.53 bits per heavy atom. The van der Waals surface area contributed by atoms with Gasteiger partial charge >= 0.3 is 0 Å². The maximum atomic E-state index is 12.0. The van der Waals surface area contributed by atoms with Gasteiger partial charge in [-0.15, -0.1) is 11.3 Å². The Morgan fingerprint density at radius 2 is 2.18 bits per heavy atom. The lowest BCUT2D eigenvalue weighted by Crippen LogP contribution is -2.44. The van der Waals surface area contributed by atoms with Crippen molar-refractivity contribution in [1.82, 2.24) is 10.2 Å². The summed E-state index contributed by atoms with van der Waals surface area (Å²) in [6.07, 6.45) is 0. The fourth-order valence-corrected chi connectivity index (χ4v) is 2.39. The van der Waals surface area contributed by atoms with Gasteiger partial charge in [0.15, 0.2) is 0 Å². The number of nitrogens with zero attached hydrogens (tertiary/aromatic N) is 1.